The van der Waals surface area contributed by atoms with E-state index in [1.165, 1.54) is 5.69 Å². The van der Waals surface area contributed by atoms with Crippen molar-refractivity contribution in [2.24, 2.45) is 5.92 Å². The number of carbonyl (C=O) groups is 1. The number of benzene rings is 1. The zero-order valence-electron chi connectivity index (χ0n) is 14.2. The van der Waals surface area contributed by atoms with Gasteiger partial charge in [-0.05, 0) is 31.4 Å². The Hall–Kier alpha value is -1.59. The van der Waals surface area contributed by atoms with E-state index in [4.69, 9.17) is 0 Å². The summed E-state index contributed by atoms with van der Waals surface area (Å²) in [6.07, 6.45) is 2.79. The number of β-amino-alcohol motifs (C(OH)–C–C–N with tert-alkyl or cyclic N) is 1. The molecule has 1 unspecified atom stereocenters. The molecule has 1 aromatic carbocycles. The van der Waals surface area contributed by atoms with E-state index in [-0.39, 0.29) is 11.8 Å². The van der Waals surface area contributed by atoms with Crippen LogP contribution in [0.3, 0.4) is 0 Å². The Kier molecular flexibility index (Phi) is 4.22. The average molecular weight is 329 g/mol. The number of rotatable bonds is 4. The standard InChI is InChI=1S/C19H27N3O2/c23-18(16-6-7-16)22-9-8-19(24,15-22)14-20-10-12-21(13-11-20)17-4-2-1-3-5-17/h1-5,16,24H,6-15H2. The molecule has 1 aliphatic carbocycles. The van der Waals surface area contributed by atoms with Crippen molar-refractivity contribution in [2.45, 2.75) is 24.9 Å². The number of hydrogen-bond donors (Lipinski definition) is 1. The van der Waals surface area contributed by atoms with Crippen molar-refractivity contribution in [3.8, 4) is 0 Å². The summed E-state index contributed by atoms with van der Waals surface area (Å²) in [7, 11) is 0. The van der Waals surface area contributed by atoms with Gasteiger partial charge >= 0.3 is 0 Å². The number of aliphatic hydroxyl groups is 1. The second kappa shape index (κ2) is 6.37. The number of piperazine rings is 1. The third kappa shape index (κ3) is 3.42. The quantitative estimate of drug-likeness (QED) is 0.901. The van der Waals surface area contributed by atoms with Crippen LogP contribution in [0.4, 0.5) is 5.69 Å². The van der Waals surface area contributed by atoms with Gasteiger partial charge in [-0.15, -0.1) is 0 Å². The second-order valence-corrected chi connectivity index (χ2v) is 7.61. The third-order valence-electron chi connectivity index (χ3n) is 5.58. The summed E-state index contributed by atoms with van der Waals surface area (Å²) in [5, 5.41) is 10.9. The van der Waals surface area contributed by atoms with Crippen LogP contribution in [0, 0.1) is 5.92 Å². The van der Waals surface area contributed by atoms with Crippen LogP contribution >= 0.6 is 0 Å². The minimum Gasteiger partial charge on any atom is -0.387 e. The molecule has 1 atom stereocenters. The van der Waals surface area contributed by atoms with Gasteiger partial charge in [-0.2, -0.15) is 0 Å². The summed E-state index contributed by atoms with van der Waals surface area (Å²) >= 11 is 0. The largest absolute Gasteiger partial charge is 0.387 e. The summed E-state index contributed by atoms with van der Waals surface area (Å²) in [6, 6.07) is 10.5. The lowest BCUT2D eigenvalue weighted by Gasteiger charge is -2.39. The average Bonchev–Trinajstić information content (AvgIpc) is 3.39. The maximum atomic E-state index is 12.2. The van der Waals surface area contributed by atoms with Crippen molar-refractivity contribution < 1.29 is 9.90 Å². The Balaban J connectivity index is 1.28. The Morgan fingerprint density at radius 3 is 2.46 bits per heavy atom. The zero-order valence-corrected chi connectivity index (χ0v) is 14.2. The molecule has 0 bridgehead atoms. The van der Waals surface area contributed by atoms with Crippen LogP contribution in [0.15, 0.2) is 30.3 Å². The molecule has 1 N–H and O–H groups in total. The van der Waals surface area contributed by atoms with Gasteiger partial charge in [-0.1, -0.05) is 18.2 Å². The maximum absolute atomic E-state index is 12.2. The maximum Gasteiger partial charge on any atom is 0.225 e. The molecule has 4 rings (SSSR count). The lowest BCUT2D eigenvalue weighted by Crippen LogP contribution is -2.53. The highest BCUT2D eigenvalue weighted by atomic mass is 16.3. The van der Waals surface area contributed by atoms with Crippen molar-refractivity contribution >= 4 is 11.6 Å². The third-order valence-corrected chi connectivity index (χ3v) is 5.58. The molecule has 2 aliphatic heterocycles. The zero-order chi connectivity index (χ0) is 16.6. The van der Waals surface area contributed by atoms with Crippen LogP contribution in [0.5, 0.6) is 0 Å². The summed E-state index contributed by atoms with van der Waals surface area (Å²) in [6.45, 7) is 5.83. The van der Waals surface area contributed by atoms with Crippen LogP contribution in [-0.2, 0) is 4.79 Å². The van der Waals surface area contributed by atoms with E-state index >= 15 is 0 Å². The van der Waals surface area contributed by atoms with Crippen LogP contribution in [0.1, 0.15) is 19.3 Å². The molecule has 2 heterocycles. The smallest absolute Gasteiger partial charge is 0.225 e. The Bertz CT molecular complexity index is 582. The van der Waals surface area contributed by atoms with E-state index < -0.39 is 5.60 Å². The molecule has 0 aromatic heterocycles. The Morgan fingerprint density at radius 1 is 1.08 bits per heavy atom. The van der Waals surface area contributed by atoms with E-state index in [9.17, 15) is 9.90 Å². The number of para-hydroxylation sites is 1. The number of carbonyl (C=O) groups excluding carboxylic acids is 1. The molecule has 3 aliphatic rings. The molecule has 1 saturated carbocycles. The number of anilines is 1. The van der Waals surface area contributed by atoms with Crippen molar-refractivity contribution in [3.05, 3.63) is 30.3 Å². The van der Waals surface area contributed by atoms with Gasteiger partial charge in [-0.25, -0.2) is 0 Å². The first-order valence-corrected chi connectivity index (χ1v) is 9.17. The number of likely N-dealkylation sites (tertiary alicyclic amines) is 1. The number of nitrogens with zero attached hydrogens (tertiary/aromatic N) is 3. The van der Waals surface area contributed by atoms with E-state index in [0.29, 0.717) is 19.5 Å². The molecule has 24 heavy (non-hydrogen) atoms. The fourth-order valence-corrected chi connectivity index (χ4v) is 3.98. The molecule has 130 valence electrons. The first-order valence-electron chi connectivity index (χ1n) is 9.17. The molecule has 3 fully saturated rings. The van der Waals surface area contributed by atoms with Gasteiger partial charge in [-0.3, -0.25) is 9.69 Å². The normalized spacial score (nSPS) is 28.4. The summed E-state index contributed by atoms with van der Waals surface area (Å²) in [5.41, 5.74) is 0.553. The monoisotopic (exact) mass is 329 g/mol. The molecule has 1 aromatic rings. The molecular formula is C19H27N3O2. The molecule has 0 spiro atoms. The van der Waals surface area contributed by atoms with Gasteiger partial charge < -0.3 is 14.9 Å². The second-order valence-electron chi connectivity index (χ2n) is 7.61. The molecule has 1 amide bonds. The summed E-state index contributed by atoms with van der Waals surface area (Å²) in [4.78, 5) is 18.8. The Morgan fingerprint density at radius 2 is 1.79 bits per heavy atom. The highest BCUT2D eigenvalue weighted by Crippen LogP contribution is 2.34. The van der Waals surface area contributed by atoms with Gasteiger partial charge in [0.15, 0.2) is 0 Å². The number of amides is 1. The molecular weight excluding hydrogens is 302 g/mol. The van der Waals surface area contributed by atoms with E-state index in [1.807, 2.05) is 11.0 Å². The minimum absolute atomic E-state index is 0.252. The van der Waals surface area contributed by atoms with E-state index in [0.717, 1.165) is 45.6 Å². The van der Waals surface area contributed by atoms with Crippen LogP contribution in [0.25, 0.3) is 0 Å². The van der Waals surface area contributed by atoms with Gasteiger partial charge in [0.05, 0.1) is 12.1 Å². The van der Waals surface area contributed by atoms with Crippen LogP contribution in [-0.4, -0.2) is 72.2 Å². The lowest BCUT2D eigenvalue weighted by molar-refractivity contribution is -0.132. The Labute approximate surface area is 143 Å². The van der Waals surface area contributed by atoms with Crippen molar-refractivity contribution in [1.82, 2.24) is 9.80 Å². The van der Waals surface area contributed by atoms with Crippen LogP contribution < -0.4 is 4.90 Å². The van der Waals surface area contributed by atoms with Crippen molar-refractivity contribution in [3.63, 3.8) is 0 Å². The molecule has 0 radical (unpaired) electrons. The topological polar surface area (TPSA) is 47.0 Å². The fourth-order valence-electron chi connectivity index (χ4n) is 3.98. The van der Waals surface area contributed by atoms with Gasteiger partial charge in [0.25, 0.3) is 0 Å². The van der Waals surface area contributed by atoms with Gasteiger partial charge in [0, 0.05) is 50.9 Å². The van der Waals surface area contributed by atoms with Crippen molar-refractivity contribution in [2.75, 3.05) is 50.7 Å². The fraction of sp³-hybridized carbons (Fsp3) is 0.632. The summed E-state index contributed by atoms with van der Waals surface area (Å²) < 4.78 is 0. The lowest BCUT2D eigenvalue weighted by atomic mass is 10.0. The van der Waals surface area contributed by atoms with Gasteiger partial charge in [0.1, 0.15) is 0 Å². The predicted octanol–water partition coefficient (Wildman–Crippen LogP) is 1.18. The predicted molar refractivity (Wildman–Crippen MR) is 94.0 cm³/mol. The first-order chi connectivity index (χ1) is 11.6. The minimum atomic E-state index is -0.723. The number of hydrogen-bond acceptors (Lipinski definition) is 4. The van der Waals surface area contributed by atoms with E-state index in [1.54, 1.807) is 0 Å². The molecule has 2 saturated heterocycles. The molecule has 5 nitrogen and oxygen atoms in total. The summed E-state index contributed by atoms with van der Waals surface area (Å²) in [5.74, 6) is 0.515. The molecule has 5 heteroatoms. The van der Waals surface area contributed by atoms with Crippen LogP contribution in [0.2, 0.25) is 0 Å². The highest BCUT2D eigenvalue weighted by molar-refractivity contribution is 5.81. The first kappa shape index (κ1) is 15.9. The van der Waals surface area contributed by atoms with E-state index in [2.05, 4.69) is 34.1 Å². The highest BCUT2D eigenvalue weighted by Gasteiger charge is 2.43. The SMILES string of the molecule is O=C(C1CC1)N1CCC(O)(CN2CCN(c3ccccc3)CC2)C1. The van der Waals surface area contributed by atoms with Gasteiger partial charge in [0.2, 0.25) is 5.91 Å². The van der Waals surface area contributed by atoms with Crippen molar-refractivity contribution in [1.29, 1.82) is 0 Å².